The summed E-state index contributed by atoms with van der Waals surface area (Å²) in [4.78, 5) is 0. The van der Waals surface area contributed by atoms with Crippen LogP contribution in [0, 0.1) is 0 Å². The Hall–Kier alpha value is -1.80. The van der Waals surface area contributed by atoms with Crippen LogP contribution < -0.4 is 0 Å². The molecule has 0 spiro atoms. The molecule has 0 fully saturated rings. The van der Waals surface area contributed by atoms with Gasteiger partial charge in [-0.25, -0.2) is 0 Å². The number of rotatable bonds is 4. The average molecular weight is 230 g/mol. The van der Waals surface area contributed by atoms with Crippen molar-refractivity contribution in [1.29, 1.82) is 0 Å². The van der Waals surface area contributed by atoms with Crippen molar-refractivity contribution in [2.75, 3.05) is 0 Å². The summed E-state index contributed by atoms with van der Waals surface area (Å²) in [7, 11) is 0. The highest BCUT2D eigenvalue weighted by Crippen LogP contribution is 2.17. The molecule has 1 unspecified atom stereocenters. The number of allylic oxidation sites excluding steroid dienone is 3. The molecule has 0 saturated carbocycles. The van der Waals surface area contributed by atoms with Gasteiger partial charge in [0.05, 0.1) is 6.26 Å². The molecule has 1 rings (SSSR count). The molecule has 0 heterocycles. The molecule has 1 aromatic carbocycles. The molecule has 1 atom stereocenters. The van der Waals surface area contributed by atoms with Gasteiger partial charge in [0.1, 0.15) is 5.60 Å². The molecule has 0 aliphatic heterocycles. The Labute approximate surface area is 102 Å². The Bertz CT molecular complexity index is 425. The van der Waals surface area contributed by atoms with Gasteiger partial charge in [0.25, 0.3) is 0 Å². The molecular weight excluding hydrogens is 212 g/mol. The van der Waals surface area contributed by atoms with E-state index in [1.54, 1.807) is 13.0 Å². The van der Waals surface area contributed by atoms with Crippen molar-refractivity contribution in [2.24, 2.45) is 0 Å². The highest BCUT2D eigenvalue weighted by Gasteiger charge is 2.11. The van der Waals surface area contributed by atoms with Gasteiger partial charge in [-0.05, 0) is 37.1 Å². The Morgan fingerprint density at radius 1 is 1.18 bits per heavy atom. The van der Waals surface area contributed by atoms with E-state index >= 15 is 0 Å². The zero-order valence-electron chi connectivity index (χ0n) is 10.2. The van der Waals surface area contributed by atoms with Gasteiger partial charge in [-0.2, -0.15) is 0 Å². The van der Waals surface area contributed by atoms with E-state index in [-0.39, 0.29) is 0 Å². The first-order valence-corrected chi connectivity index (χ1v) is 5.54. The predicted molar refractivity (Wildman–Crippen MR) is 71.6 cm³/mol. The van der Waals surface area contributed by atoms with E-state index in [1.165, 1.54) is 6.08 Å². The van der Waals surface area contributed by atoms with E-state index in [1.807, 2.05) is 49.4 Å². The number of aliphatic hydroxyl groups is 2. The van der Waals surface area contributed by atoms with Gasteiger partial charge < -0.3 is 10.2 Å². The summed E-state index contributed by atoms with van der Waals surface area (Å²) < 4.78 is 0. The summed E-state index contributed by atoms with van der Waals surface area (Å²) in [5.74, 6) is 0. The standard InChI is InChI=1S/C15H18O2/c1-3-13(14-7-5-4-6-8-14)9-10-15(2,17)11-12-16/h3-12,16-17H,1-2H3/b10-9-,12-11+,13-3+. The summed E-state index contributed by atoms with van der Waals surface area (Å²) in [6.45, 7) is 3.55. The summed E-state index contributed by atoms with van der Waals surface area (Å²) in [5.41, 5.74) is 0.977. The van der Waals surface area contributed by atoms with E-state index in [4.69, 9.17) is 5.11 Å². The van der Waals surface area contributed by atoms with E-state index in [9.17, 15) is 5.11 Å². The van der Waals surface area contributed by atoms with E-state index < -0.39 is 5.60 Å². The molecule has 2 heteroatoms. The Morgan fingerprint density at radius 2 is 1.82 bits per heavy atom. The largest absolute Gasteiger partial charge is 0.516 e. The van der Waals surface area contributed by atoms with Crippen LogP contribution in [-0.2, 0) is 0 Å². The van der Waals surface area contributed by atoms with Crippen molar-refractivity contribution in [3.8, 4) is 0 Å². The first kappa shape index (κ1) is 13.3. The zero-order valence-corrected chi connectivity index (χ0v) is 10.2. The SMILES string of the molecule is C/C=C(\C=C/C(C)(O)/C=C/O)c1ccccc1. The third-order valence-electron chi connectivity index (χ3n) is 2.43. The van der Waals surface area contributed by atoms with Crippen LogP contribution in [0.2, 0.25) is 0 Å². The first-order chi connectivity index (χ1) is 8.09. The Balaban J connectivity index is 2.90. The molecule has 0 bridgehead atoms. The van der Waals surface area contributed by atoms with Crippen LogP contribution in [0.25, 0.3) is 5.57 Å². The molecule has 1 aromatic rings. The van der Waals surface area contributed by atoms with Crippen LogP contribution in [0.1, 0.15) is 19.4 Å². The molecular formula is C15H18O2. The fourth-order valence-corrected chi connectivity index (χ4v) is 1.45. The minimum absolute atomic E-state index is 0.849. The van der Waals surface area contributed by atoms with Crippen molar-refractivity contribution >= 4 is 5.57 Å². The summed E-state index contributed by atoms with van der Waals surface area (Å²) in [5, 5.41) is 18.5. The van der Waals surface area contributed by atoms with Crippen molar-refractivity contribution in [3.63, 3.8) is 0 Å². The van der Waals surface area contributed by atoms with Crippen molar-refractivity contribution < 1.29 is 10.2 Å². The molecule has 90 valence electrons. The molecule has 0 aliphatic carbocycles. The lowest BCUT2D eigenvalue weighted by Crippen LogP contribution is -2.16. The van der Waals surface area contributed by atoms with Gasteiger partial charge in [-0.15, -0.1) is 0 Å². The highest BCUT2D eigenvalue weighted by molar-refractivity contribution is 5.73. The van der Waals surface area contributed by atoms with E-state index in [2.05, 4.69) is 0 Å². The monoisotopic (exact) mass is 230 g/mol. The van der Waals surface area contributed by atoms with Gasteiger partial charge >= 0.3 is 0 Å². The molecule has 2 nitrogen and oxygen atoms in total. The smallest absolute Gasteiger partial charge is 0.102 e. The second-order valence-electron chi connectivity index (χ2n) is 3.98. The number of hydrogen-bond donors (Lipinski definition) is 2. The fraction of sp³-hybridized carbons (Fsp3) is 0.200. The quantitative estimate of drug-likeness (QED) is 0.614. The van der Waals surface area contributed by atoms with Gasteiger partial charge in [0.15, 0.2) is 0 Å². The van der Waals surface area contributed by atoms with Crippen LogP contribution in [-0.4, -0.2) is 15.8 Å². The third kappa shape index (κ3) is 4.29. The van der Waals surface area contributed by atoms with Crippen LogP contribution in [0.3, 0.4) is 0 Å². The van der Waals surface area contributed by atoms with E-state index in [0.29, 0.717) is 0 Å². The zero-order chi connectivity index (χ0) is 12.7. The first-order valence-electron chi connectivity index (χ1n) is 5.54. The van der Waals surface area contributed by atoms with Crippen molar-refractivity contribution in [3.05, 3.63) is 66.5 Å². The number of benzene rings is 1. The molecule has 0 aliphatic rings. The number of aliphatic hydroxyl groups excluding tert-OH is 1. The lowest BCUT2D eigenvalue weighted by molar-refractivity contribution is 0.161. The van der Waals surface area contributed by atoms with Gasteiger partial charge in [0.2, 0.25) is 0 Å². The van der Waals surface area contributed by atoms with E-state index in [0.717, 1.165) is 17.4 Å². The van der Waals surface area contributed by atoms with Crippen molar-refractivity contribution in [2.45, 2.75) is 19.4 Å². The van der Waals surface area contributed by atoms with Gasteiger partial charge in [0, 0.05) is 0 Å². The van der Waals surface area contributed by atoms with Gasteiger partial charge in [-0.1, -0.05) is 42.5 Å². The highest BCUT2D eigenvalue weighted by atomic mass is 16.3. The summed E-state index contributed by atoms with van der Waals surface area (Å²) in [6.07, 6.45) is 7.63. The lowest BCUT2D eigenvalue weighted by atomic mass is 10.0. The maximum atomic E-state index is 9.84. The number of hydrogen-bond acceptors (Lipinski definition) is 2. The van der Waals surface area contributed by atoms with Gasteiger partial charge in [-0.3, -0.25) is 0 Å². The Morgan fingerprint density at radius 3 is 2.35 bits per heavy atom. The predicted octanol–water partition coefficient (Wildman–Crippen LogP) is 3.47. The van der Waals surface area contributed by atoms with Crippen LogP contribution in [0.5, 0.6) is 0 Å². The maximum absolute atomic E-state index is 9.84. The molecule has 2 N–H and O–H groups in total. The molecule has 0 radical (unpaired) electrons. The molecule has 0 saturated heterocycles. The fourth-order valence-electron chi connectivity index (χ4n) is 1.45. The van der Waals surface area contributed by atoms with Crippen LogP contribution in [0.4, 0.5) is 0 Å². The maximum Gasteiger partial charge on any atom is 0.102 e. The van der Waals surface area contributed by atoms with Crippen LogP contribution >= 0.6 is 0 Å². The summed E-state index contributed by atoms with van der Waals surface area (Å²) >= 11 is 0. The van der Waals surface area contributed by atoms with Crippen molar-refractivity contribution in [1.82, 2.24) is 0 Å². The summed E-state index contributed by atoms with van der Waals surface area (Å²) in [6, 6.07) is 9.93. The topological polar surface area (TPSA) is 40.5 Å². The lowest BCUT2D eigenvalue weighted by Gasteiger charge is -2.12. The molecule has 17 heavy (non-hydrogen) atoms. The average Bonchev–Trinajstić information content (AvgIpc) is 2.31. The van der Waals surface area contributed by atoms with Crippen LogP contribution in [0.15, 0.2) is 60.9 Å². The minimum atomic E-state index is -1.14. The molecule has 0 aromatic heterocycles. The minimum Gasteiger partial charge on any atom is -0.516 e. The third-order valence-corrected chi connectivity index (χ3v) is 2.43. The Kier molecular flexibility index (Phi) is 4.73. The second-order valence-corrected chi connectivity index (χ2v) is 3.98. The molecule has 0 amide bonds. The normalized spacial score (nSPS) is 16.5. The second kappa shape index (κ2) is 6.06.